The van der Waals surface area contributed by atoms with E-state index in [-0.39, 0.29) is 11.3 Å². The fourth-order valence-electron chi connectivity index (χ4n) is 2.52. The number of hydrogen-bond donors (Lipinski definition) is 1. The summed E-state index contributed by atoms with van der Waals surface area (Å²) in [6.45, 7) is 0.329. The molecule has 1 N–H and O–H groups in total. The summed E-state index contributed by atoms with van der Waals surface area (Å²) in [4.78, 5) is 11.8. The van der Waals surface area contributed by atoms with Gasteiger partial charge in [-0.25, -0.2) is 4.79 Å². The second-order valence-corrected chi connectivity index (χ2v) is 4.57. The van der Waals surface area contributed by atoms with Crippen molar-refractivity contribution in [3.63, 3.8) is 0 Å². The molecule has 5 heteroatoms. The van der Waals surface area contributed by atoms with Gasteiger partial charge in [0, 0.05) is 23.3 Å². The topological polar surface area (TPSA) is 65.0 Å². The molecule has 1 aliphatic rings. The number of carbonyl (C=O) groups excluding carboxylic acids is 1. The number of rotatable bonds is 2. The van der Waals surface area contributed by atoms with E-state index in [4.69, 9.17) is 14.2 Å². The molecule has 5 nitrogen and oxygen atoms in total. The minimum Gasteiger partial charge on any atom is -0.506 e. The zero-order valence-corrected chi connectivity index (χ0v) is 11.2. The van der Waals surface area contributed by atoms with Crippen LogP contribution in [0, 0.1) is 0 Å². The van der Waals surface area contributed by atoms with E-state index >= 15 is 0 Å². The van der Waals surface area contributed by atoms with Gasteiger partial charge in [-0.3, -0.25) is 0 Å². The van der Waals surface area contributed by atoms with Crippen LogP contribution in [-0.2, 0) is 11.2 Å². The van der Waals surface area contributed by atoms with Crippen LogP contribution in [0.1, 0.15) is 15.9 Å². The van der Waals surface area contributed by atoms with Crippen LogP contribution in [0.2, 0.25) is 0 Å². The molecule has 0 aromatic heterocycles. The number of hydrogen-bond acceptors (Lipinski definition) is 5. The molecule has 0 bridgehead atoms. The third-order valence-electron chi connectivity index (χ3n) is 3.51. The van der Waals surface area contributed by atoms with Crippen molar-refractivity contribution in [3.05, 3.63) is 29.3 Å². The third-order valence-corrected chi connectivity index (χ3v) is 3.51. The van der Waals surface area contributed by atoms with Gasteiger partial charge < -0.3 is 19.3 Å². The minimum absolute atomic E-state index is 0.0839. The highest BCUT2D eigenvalue weighted by Gasteiger charge is 2.25. The first-order valence-electron chi connectivity index (χ1n) is 6.23. The third kappa shape index (κ3) is 1.74. The number of ether oxygens (including phenoxy) is 3. The first kappa shape index (κ1) is 12.6. The molecule has 2 aromatic rings. The Morgan fingerprint density at radius 1 is 1.15 bits per heavy atom. The largest absolute Gasteiger partial charge is 0.506 e. The van der Waals surface area contributed by atoms with Crippen LogP contribution >= 0.6 is 0 Å². The Labute approximate surface area is 115 Å². The van der Waals surface area contributed by atoms with Crippen LogP contribution in [0.5, 0.6) is 17.2 Å². The number of cyclic esters (lactones) is 1. The molecule has 0 saturated carbocycles. The number of methoxy groups -OCH3 is 2. The lowest BCUT2D eigenvalue weighted by molar-refractivity contribution is 0.0476. The summed E-state index contributed by atoms with van der Waals surface area (Å²) < 4.78 is 15.5. The molecule has 0 amide bonds. The highest BCUT2D eigenvalue weighted by atomic mass is 16.5. The van der Waals surface area contributed by atoms with E-state index in [0.29, 0.717) is 29.9 Å². The second kappa shape index (κ2) is 4.59. The molecule has 0 fully saturated rings. The summed E-state index contributed by atoms with van der Waals surface area (Å²) >= 11 is 0. The average Bonchev–Trinajstić information content (AvgIpc) is 2.46. The van der Waals surface area contributed by atoms with Crippen molar-refractivity contribution in [1.82, 2.24) is 0 Å². The van der Waals surface area contributed by atoms with Gasteiger partial charge in [-0.1, -0.05) is 0 Å². The van der Waals surface area contributed by atoms with Crippen molar-refractivity contribution in [2.75, 3.05) is 20.8 Å². The monoisotopic (exact) mass is 274 g/mol. The van der Waals surface area contributed by atoms with Crippen molar-refractivity contribution >= 4 is 16.7 Å². The molecule has 1 aliphatic heterocycles. The summed E-state index contributed by atoms with van der Waals surface area (Å²) in [5.74, 6) is 0.567. The van der Waals surface area contributed by atoms with Crippen LogP contribution in [-0.4, -0.2) is 31.9 Å². The predicted molar refractivity (Wildman–Crippen MR) is 72.7 cm³/mol. The maximum absolute atomic E-state index is 11.8. The molecule has 20 heavy (non-hydrogen) atoms. The lowest BCUT2D eigenvalue weighted by Crippen LogP contribution is -2.17. The average molecular weight is 274 g/mol. The molecular weight excluding hydrogens is 260 g/mol. The van der Waals surface area contributed by atoms with E-state index in [1.54, 1.807) is 19.2 Å². The van der Waals surface area contributed by atoms with E-state index < -0.39 is 5.97 Å². The van der Waals surface area contributed by atoms with Gasteiger partial charge in [0.05, 0.1) is 20.8 Å². The number of carbonyl (C=O) groups is 1. The first-order valence-corrected chi connectivity index (χ1v) is 6.23. The lowest BCUT2D eigenvalue weighted by atomic mass is 9.95. The molecule has 0 atom stereocenters. The Morgan fingerprint density at radius 2 is 1.95 bits per heavy atom. The SMILES string of the molecule is COc1cc(OC)c2cc3c(c(O)c2c1)C(=O)OCC3. The van der Waals surface area contributed by atoms with Crippen LogP contribution in [0.4, 0.5) is 0 Å². The van der Waals surface area contributed by atoms with Gasteiger partial charge >= 0.3 is 5.97 Å². The maximum Gasteiger partial charge on any atom is 0.342 e. The Balaban J connectivity index is 2.39. The van der Waals surface area contributed by atoms with Crippen LogP contribution in [0.15, 0.2) is 18.2 Å². The number of aromatic hydroxyl groups is 1. The van der Waals surface area contributed by atoms with Crippen LogP contribution in [0.25, 0.3) is 10.8 Å². The summed E-state index contributed by atoms with van der Waals surface area (Å²) in [7, 11) is 3.09. The van der Waals surface area contributed by atoms with E-state index in [2.05, 4.69) is 0 Å². The van der Waals surface area contributed by atoms with Crippen molar-refractivity contribution in [3.8, 4) is 17.2 Å². The summed E-state index contributed by atoms with van der Waals surface area (Å²) in [5.41, 5.74) is 1.01. The molecule has 0 radical (unpaired) electrons. The Bertz CT molecular complexity index is 705. The zero-order chi connectivity index (χ0) is 14.3. The second-order valence-electron chi connectivity index (χ2n) is 4.57. The molecular formula is C15H14O5. The van der Waals surface area contributed by atoms with E-state index in [9.17, 15) is 9.90 Å². The van der Waals surface area contributed by atoms with Gasteiger partial charge in [0.1, 0.15) is 22.8 Å². The lowest BCUT2D eigenvalue weighted by Gasteiger charge is -2.19. The fourth-order valence-corrected chi connectivity index (χ4v) is 2.52. The van der Waals surface area contributed by atoms with Crippen molar-refractivity contribution < 1.29 is 24.1 Å². The normalized spacial score (nSPS) is 13.8. The number of benzene rings is 2. The Kier molecular flexibility index (Phi) is 2.89. The molecule has 3 rings (SSSR count). The van der Waals surface area contributed by atoms with Crippen molar-refractivity contribution in [1.29, 1.82) is 0 Å². The van der Waals surface area contributed by atoms with Gasteiger partial charge in [-0.2, -0.15) is 0 Å². The van der Waals surface area contributed by atoms with Gasteiger partial charge in [0.2, 0.25) is 0 Å². The number of phenolic OH excluding ortho intramolecular Hbond substituents is 1. The smallest absolute Gasteiger partial charge is 0.342 e. The van der Waals surface area contributed by atoms with Gasteiger partial charge in [-0.05, 0) is 17.7 Å². The van der Waals surface area contributed by atoms with E-state index in [1.807, 2.05) is 6.07 Å². The van der Waals surface area contributed by atoms with E-state index in [1.165, 1.54) is 7.11 Å². The standard InChI is InChI=1S/C15H14O5/c1-18-9-6-11-10(12(7-9)19-2)5-8-3-4-20-15(17)13(8)14(11)16/h5-7,16H,3-4H2,1-2H3. The van der Waals surface area contributed by atoms with Gasteiger partial charge in [0.15, 0.2) is 0 Å². The molecule has 1 heterocycles. The van der Waals surface area contributed by atoms with Gasteiger partial charge in [0.25, 0.3) is 0 Å². The molecule has 0 saturated heterocycles. The van der Waals surface area contributed by atoms with Crippen molar-refractivity contribution in [2.24, 2.45) is 0 Å². The first-order chi connectivity index (χ1) is 9.65. The van der Waals surface area contributed by atoms with E-state index in [0.717, 1.165) is 10.9 Å². The number of fused-ring (bicyclic) bond motifs is 2. The number of esters is 1. The quantitative estimate of drug-likeness (QED) is 0.851. The van der Waals surface area contributed by atoms with Crippen LogP contribution < -0.4 is 9.47 Å². The molecule has 2 aromatic carbocycles. The molecule has 0 spiro atoms. The molecule has 0 unspecified atom stereocenters. The fraction of sp³-hybridized carbons (Fsp3) is 0.267. The van der Waals surface area contributed by atoms with Crippen LogP contribution in [0.3, 0.4) is 0 Å². The Hall–Kier alpha value is -2.43. The Morgan fingerprint density at radius 3 is 2.65 bits per heavy atom. The number of phenols is 1. The highest BCUT2D eigenvalue weighted by molar-refractivity contribution is 6.05. The minimum atomic E-state index is -0.493. The highest BCUT2D eigenvalue weighted by Crippen LogP contribution is 2.40. The van der Waals surface area contributed by atoms with Gasteiger partial charge in [-0.15, -0.1) is 0 Å². The maximum atomic E-state index is 11.8. The summed E-state index contributed by atoms with van der Waals surface area (Å²) in [6, 6.07) is 5.29. The zero-order valence-electron chi connectivity index (χ0n) is 11.2. The molecule has 104 valence electrons. The predicted octanol–water partition coefficient (Wildman–Crippen LogP) is 2.28. The van der Waals surface area contributed by atoms with Crippen molar-refractivity contribution in [2.45, 2.75) is 6.42 Å². The summed E-state index contributed by atoms with van der Waals surface area (Å²) in [6.07, 6.45) is 0.583. The summed E-state index contributed by atoms with van der Waals surface area (Å²) in [5, 5.41) is 11.7. The molecule has 0 aliphatic carbocycles.